The fraction of sp³-hybridized carbons (Fsp3) is 0.631. The zero-order valence-electron chi connectivity index (χ0n) is 78.0. The number of benzene rings is 6. The van der Waals surface area contributed by atoms with E-state index in [0.29, 0.717) is 43.3 Å². The zero-order valence-corrected chi connectivity index (χ0v) is 80.3. The molecule has 2 unspecified atom stereocenters. The topological polar surface area (TPSA) is 141 Å². The number of piperazine rings is 1. The summed E-state index contributed by atoms with van der Waals surface area (Å²) in [6.45, 7) is 44.4. The number of likely N-dealkylation sites (tertiary alicyclic amines) is 1. The molecule has 12 rings (SSSR count). The Morgan fingerprint density at radius 2 is 0.513 bits per heavy atom. The van der Waals surface area contributed by atoms with E-state index >= 15 is 0 Å². The van der Waals surface area contributed by atoms with Crippen molar-refractivity contribution in [2.24, 2.45) is 0 Å². The van der Waals surface area contributed by atoms with Gasteiger partial charge in [0.05, 0.1) is 18.3 Å². The van der Waals surface area contributed by atoms with Gasteiger partial charge in [-0.25, -0.2) is 9.59 Å². The minimum absolute atomic E-state index is 0.167. The zero-order chi connectivity index (χ0) is 87.1. The third kappa shape index (κ3) is 41.5. The highest BCUT2D eigenvalue weighted by Crippen LogP contribution is 2.32. The smallest absolute Gasteiger partial charge is 0.410 e. The van der Waals surface area contributed by atoms with Gasteiger partial charge in [-0.2, -0.15) is 0 Å². The molecular weight excluding hydrogens is 1520 g/mol. The summed E-state index contributed by atoms with van der Waals surface area (Å²) in [7, 11) is 6.73. The van der Waals surface area contributed by atoms with Crippen molar-refractivity contribution in [2.75, 3.05) is 59.4 Å². The Hall–Kier alpha value is -6.56. The van der Waals surface area contributed by atoms with Crippen molar-refractivity contribution in [2.45, 2.75) is 365 Å². The second kappa shape index (κ2) is 57.0. The van der Waals surface area contributed by atoms with Gasteiger partial charge in [0.1, 0.15) is 57.9 Å². The average molecular weight is 1680 g/mol. The lowest BCUT2D eigenvalue weighted by Gasteiger charge is -2.33. The molecule has 0 spiro atoms. The second-order valence-electron chi connectivity index (χ2n) is 34.9. The summed E-state index contributed by atoms with van der Waals surface area (Å²) >= 11 is 0. The quantitative estimate of drug-likeness (QED) is 0.0625. The van der Waals surface area contributed by atoms with Gasteiger partial charge >= 0.3 is 12.2 Å². The van der Waals surface area contributed by atoms with Crippen LogP contribution in [0.1, 0.15) is 313 Å². The summed E-state index contributed by atoms with van der Waals surface area (Å²) in [5.41, 5.74) is 15.4. The fourth-order valence-corrected chi connectivity index (χ4v) is 15.4. The minimum atomic E-state index is -0.443. The molecule has 6 aromatic carbocycles. The van der Waals surface area contributed by atoms with Crippen molar-refractivity contribution < 1.29 is 47.9 Å². The van der Waals surface area contributed by atoms with E-state index in [1.807, 2.05) is 53.7 Å². The second-order valence-corrected chi connectivity index (χ2v) is 34.9. The number of carbonyl (C=O) groups is 2. The first-order valence-corrected chi connectivity index (χ1v) is 49.3. The summed E-state index contributed by atoms with van der Waals surface area (Å²) in [5, 5.41) is 12.6. The fourth-order valence-electron chi connectivity index (χ4n) is 15.4. The van der Waals surface area contributed by atoms with Crippen LogP contribution >= 0.6 is 17.9 Å². The van der Waals surface area contributed by atoms with Gasteiger partial charge in [0.25, 0.3) is 0 Å². The van der Waals surface area contributed by atoms with E-state index in [0.717, 1.165) is 171 Å². The number of nitrogens with zero attached hydrogens (tertiary/aromatic N) is 3. The number of likely N-dealkylation sites (N-methyl/N-ethyl adjacent to an activating group) is 1. The van der Waals surface area contributed by atoms with Crippen molar-refractivity contribution >= 4 is 30.0 Å². The van der Waals surface area contributed by atoms with Crippen LogP contribution in [-0.2, 0) is 86.5 Å². The van der Waals surface area contributed by atoms with Crippen molar-refractivity contribution in [3.8, 4) is 34.5 Å². The van der Waals surface area contributed by atoms with E-state index in [9.17, 15) is 14.7 Å². The molecule has 0 aromatic heterocycles. The van der Waals surface area contributed by atoms with Gasteiger partial charge in [0.15, 0.2) is 0 Å². The molecule has 3 saturated carbocycles. The number of aromatic hydroxyl groups is 1. The van der Waals surface area contributed by atoms with Gasteiger partial charge in [-0.05, 0) is 368 Å². The van der Waals surface area contributed by atoms with E-state index in [2.05, 4.69) is 215 Å². The van der Waals surface area contributed by atoms with E-state index in [-0.39, 0.29) is 23.9 Å². The van der Waals surface area contributed by atoms with Crippen molar-refractivity contribution in [3.63, 3.8) is 0 Å². The molecule has 2 amide bonds. The number of aryl methyl sites for hydroxylation is 12. The number of rotatable bonds is 22. The summed E-state index contributed by atoms with van der Waals surface area (Å²) in [6.07, 6.45) is 37.7. The van der Waals surface area contributed by atoms with Crippen LogP contribution in [-0.4, -0.2) is 133 Å². The Balaban J connectivity index is 0.000000249. The normalized spacial score (nSPS) is 16.3. The first kappa shape index (κ1) is 103. The Labute approximate surface area is 728 Å². The third-order valence-corrected chi connectivity index (χ3v) is 22.8. The molecule has 16 heteroatoms. The Bertz CT molecular complexity index is 3360. The summed E-state index contributed by atoms with van der Waals surface area (Å²) in [6, 6.07) is 39.2. The minimum Gasteiger partial charge on any atom is -0.508 e. The SMILES string of the molecule is CCc1cc(CC)cc(OC2CCCCC2)c1.CCc1cc(CC)cc(OC2CCCCC2)c1.CCc1cc(CC)cc(OC2CCCCC2)c1.CCc1cc(CC)cc(OC2CCN(C(=O)OC(C)(C)C)CC2)c1.CCc1cc(CC)cc(OC2CCNCC2)c1.CCc1cc(O)cc(CC)c1.CN1CCN(C(=O)OC(C)(C)C)CC1.PP. The molecule has 3 aliphatic heterocycles. The number of nitrogens with one attached hydrogen (secondary N) is 1. The monoisotopic (exact) mass is 1680 g/mol. The van der Waals surface area contributed by atoms with Crippen LogP contribution in [0.15, 0.2) is 109 Å². The largest absolute Gasteiger partial charge is 0.508 e. The molecule has 2 atom stereocenters. The predicted molar refractivity (Wildman–Crippen MR) is 508 cm³/mol. The van der Waals surface area contributed by atoms with Crippen LogP contribution in [0, 0.1) is 0 Å². The molecule has 6 aromatic rings. The molecule has 0 bridgehead atoms. The molecule has 666 valence electrons. The Morgan fingerprint density at radius 3 is 0.731 bits per heavy atom. The van der Waals surface area contributed by atoms with E-state index < -0.39 is 5.60 Å². The number of carbonyl (C=O) groups excluding carboxylic acids is 2. The number of ether oxygens (including phenoxy) is 7. The van der Waals surface area contributed by atoms with Gasteiger partial charge in [-0.15, -0.1) is 17.9 Å². The molecule has 6 aliphatic rings. The van der Waals surface area contributed by atoms with Gasteiger partial charge in [0, 0.05) is 52.1 Å². The average Bonchev–Trinajstić information content (AvgIpc) is 0.877. The first-order valence-electron chi connectivity index (χ1n) is 46.7. The number of hydrogen-bond acceptors (Lipinski definition) is 12. The molecule has 0 radical (unpaired) electrons. The summed E-state index contributed by atoms with van der Waals surface area (Å²) < 4.78 is 41.4. The van der Waals surface area contributed by atoms with Gasteiger partial charge in [-0.1, -0.05) is 139 Å². The van der Waals surface area contributed by atoms with Gasteiger partial charge < -0.3 is 58.3 Å². The number of amides is 2. The Kier molecular flexibility index (Phi) is 49.3. The first-order chi connectivity index (χ1) is 57.2. The molecule has 3 heterocycles. The highest BCUT2D eigenvalue weighted by molar-refractivity contribution is 7.92. The molecule has 3 saturated heterocycles. The lowest BCUT2D eigenvalue weighted by molar-refractivity contribution is 0.0123. The van der Waals surface area contributed by atoms with Crippen molar-refractivity contribution in [1.29, 1.82) is 0 Å². The van der Waals surface area contributed by atoms with Crippen LogP contribution in [0.3, 0.4) is 0 Å². The molecule has 2 N–H and O–H groups in total. The van der Waals surface area contributed by atoms with E-state index in [4.69, 9.17) is 33.2 Å². The van der Waals surface area contributed by atoms with Crippen LogP contribution in [0.4, 0.5) is 9.59 Å². The molecular formula is C103H164N4O10P2. The van der Waals surface area contributed by atoms with E-state index in [1.165, 1.54) is 163 Å². The summed E-state index contributed by atoms with van der Waals surface area (Å²) in [4.78, 5) is 29.5. The number of piperidine rings is 2. The maximum absolute atomic E-state index is 12.1. The lowest BCUT2D eigenvalue weighted by Crippen LogP contribution is -2.48. The van der Waals surface area contributed by atoms with Crippen LogP contribution < -0.4 is 29.0 Å². The maximum Gasteiger partial charge on any atom is 0.410 e. The Morgan fingerprint density at radius 1 is 0.311 bits per heavy atom. The highest BCUT2D eigenvalue weighted by atomic mass is 32.0. The molecule has 119 heavy (non-hydrogen) atoms. The lowest BCUT2D eigenvalue weighted by atomic mass is 9.97. The van der Waals surface area contributed by atoms with Gasteiger partial charge in [-0.3, -0.25) is 0 Å². The van der Waals surface area contributed by atoms with Gasteiger partial charge in [0.2, 0.25) is 0 Å². The third-order valence-electron chi connectivity index (χ3n) is 22.8. The van der Waals surface area contributed by atoms with Crippen LogP contribution in [0.2, 0.25) is 0 Å². The predicted octanol–water partition coefficient (Wildman–Crippen LogP) is 25.4. The van der Waals surface area contributed by atoms with Crippen LogP contribution in [0.5, 0.6) is 34.5 Å². The molecule has 14 nitrogen and oxygen atoms in total. The van der Waals surface area contributed by atoms with E-state index in [1.54, 1.807) is 9.80 Å². The highest BCUT2D eigenvalue weighted by Gasteiger charge is 2.29. The number of phenolic OH excluding ortho intramolecular Hbond substituents is 1. The summed E-state index contributed by atoms with van der Waals surface area (Å²) in [5.74, 6) is 5.69. The number of hydrogen-bond donors (Lipinski definition) is 2. The number of phenols is 1. The van der Waals surface area contributed by atoms with Crippen molar-refractivity contribution in [3.05, 3.63) is 176 Å². The maximum atomic E-state index is 12.1. The molecule has 3 aliphatic carbocycles. The molecule has 6 fully saturated rings. The van der Waals surface area contributed by atoms with Crippen molar-refractivity contribution in [1.82, 2.24) is 20.0 Å². The van der Waals surface area contributed by atoms with Crippen LogP contribution in [0.25, 0.3) is 0 Å². The standard InChI is InChI=1S/C20H31NO3.3C16H24O.C15H23NO.C10H20N2O2.C10H14O.H4P2/c1-6-15-12-16(7-2)14-18(13-15)23-17-8-10-21(11-9-17)19(22)24-20(3,4)5;3*1-3-13-10-14(4-2)12-16(11-13)17-15-8-6-5-7-9-15;1-3-12-9-13(4-2)11-15(10-12)17-14-5-7-16-8-6-14;1-10(2,3)14-9(13)12-7-5-11(4)6-8-12;1-3-8-5-9(4-2)7-10(11)6-8;1-2/h12-14,17H,6-11H2,1-5H3;3*10-12,15H,3-9H2,1-2H3;9-11,14,16H,3-8H2,1-2H3;5-8H2,1-4H3;5-7,11H,3-4H2,1-2H3;1-2H2.